The SMILES string of the molecule is FC(F)(F)C1=C([AsH2])N(CCN2CCCC2)CC=C1. The number of allylic oxidation sites excluding steroid dienone is 2. The van der Waals surface area contributed by atoms with Gasteiger partial charge in [0.05, 0.1) is 0 Å². The van der Waals surface area contributed by atoms with Crippen molar-refractivity contribution in [1.82, 2.24) is 9.80 Å². The van der Waals surface area contributed by atoms with Crippen LogP contribution in [0.2, 0.25) is 0 Å². The minimum atomic E-state index is -4.23. The summed E-state index contributed by atoms with van der Waals surface area (Å²) in [5.41, 5.74) is -0.477. The molecule has 1 unspecified atom stereocenters. The zero-order chi connectivity index (χ0) is 13.2. The fourth-order valence-electron chi connectivity index (χ4n) is 2.37. The van der Waals surface area contributed by atoms with Crippen molar-refractivity contribution < 1.29 is 13.2 Å². The van der Waals surface area contributed by atoms with Crippen LogP contribution in [0.4, 0.5) is 13.2 Å². The van der Waals surface area contributed by atoms with Gasteiger partial charge in [0.25, 0.3) is 0 Å². The van der Waals surface area contributed by atoms with E-state index in [1.807, 2.05) is 4.90 Å². The van der Waals surface area contributed by atoms with Crippen LogP contribution >= 0.6 is 0 Å². The number of likely N-dealkylation sites (tertiary alicyclic amines) is 1. The van der Waals surface area contributed by atoms with Crippen molar-refractivity contribution >= 4 is 16.9 Å². The molecule has 0 bridgehead atoms. The first-order valence-electron chi connectivity index (χ1n) is 6.19. The molecule has 2 heterocycles. The molecule has 1 saturated heterocycles. The number of rotatable bonds is 3. The average molecular weight is 322 g/mol. The second-order valence-electron chi connectivity index (χ2n) is 4.69. The summed E-state index contributed by atoms with van der Waals surface area (Å²) in [7, 11) is 0. The van der Waals surface area contributed by atoms with Gasteiger partial charge >= 0.3 is 114 Å². The van der Waals surface area contributed by atoms with E-state index in [0.717, 1.165) is 36.5 Å². The van der Waals surface area contributed by atoms with Crippen LogP contribution in [-0.2, 0) is 0 Å². The Morgan fingerprint density at radius 3 is 2.44 bits per heavy atom. The fraction of sp³-hybridized carbons (Fsp3) is 0.667. The van der Waals surface area contributed by atoms with Crippen molar-refractivity contribution in [2.24, 2.45) is 0 Å². The summed E-state index contributed by atoms with van der Waals surface area (Å²) in [5, 5.41) is 0. The molecule has 2 aliphatic heterocycles. The van der Waals surface area contributed by atoms with Crippen LogP contribution in [0.1, 0.15) is 12.8 Å². The van der Waals surface area contributed by atoms with E-state index in [1.165, 1.54) is 18.9 Å². The maximum absolute atomic E-state index is 12.8. The van der Waals surface area contributed by atoms with Gasteiger partial charge in [-0.1, -0.05) is 0 Å². The van der Waals surface area contributed by atoms with Gasteiger partial charge in [0, 0.05) is 0 Å². The molecule has 2 rings (SSSR count). The van der Waals surface area contributed by atoms with Gasteiger partial charge in [-0.2, -0.15) is 0 Å². The van der Waals surface area contributed by atoms with E-state index in [9.17, 15) is 13.2 Å². The zero-order valence-electron chi connectivity index (χ0n) is 10.2. The molecule has 0 amide bonds. The molecular formula is C12H18AsF3N2. The molecule has 0 aliphatic carbocycles. The standard InChI is InChI=1S/C12H18AsF3N2/c13-11-10(12(14,15)16)4-3-7-18(11)9-8-17-5-1-2-6-17/h3-4H,1-2,5-9,13H2. The normalized spacial score (nSPS) is 22.1. The van der Waals surface area contributed by atoms with Crippen molar-refractivity contribution in [2.75, 3.05) is 32.7 Å². The Bertz CT molecular complexity index is 357. The van der Waals surface area contributed by atoms with Crippen LogP contribution in [0.25, 0.3) is 0 Å². The van der Waals surface area contributed by atoms with E-state index in [4.69, 9.17) is 0 Å². The van der Waals surface area contributed by atoms with Crippen LogP contribution in [0, 0.1) is 0 Å². The molecule has 2 aliphatic rings. The van der Waals surface area contributed by atoms with Gasteiger partial charge in [-0.15, -0.1) is 0 Å². The van der Waals surface area contributed by atoms with Crippen LogP contribution in [-0.4, -0.2) is 65.6 Å². The Morgan fingerprint density at radius 2 is 1.83 bits per heavy atom. The van der Waals surface area contributed by atoms with E-state index < -0.39 is 11.7 Å². The third kappa shape index (κ3) is 3.32. The molecule has 0 N–H and O–H groups in total. The molecule has 1 atom stereocenters. The Kier molecular flexibility index (Phi) is 4.44. The third-order valence-corrected chi connectivity index (χ3v) is 4.84. The van der Waals surface area contributed by atoms with Crippen LogP contribution < -0.4 is 0 Å². The molecule has 2 nitrogen and oxygen atoms in total. The monoisotopic (exact) mass is 322 g/mol. The van der Waals surface area contributed by atoms with E-state index in [2.05, 4.69) is 4.90 Å². The number of halogens is 3. The van der Waals surface area contributed by atoms with Gasteiger partial charge in [-0.3, -0.25) is 0 Å². The first kappa shape index (κ1) is 14.0. The maximum atomic E-state index is 12.8. The topological polar surface area (TPSA) is 6.48 Å². The zero-order valence-corrected chi connectivity index (χ0v) is 12.6. The quantitative estimate of drug-likeness (QED) is 0.724. The fourth-order valence-corrected chi connectivity index (χ4v) is 3.41. The van der Waals surface area contributed by atoms with E-state index >= 15 is 0 Å². The first-order chi connectivity index (χ1) is 8.48. The Labute approximate surface area is 114 Å². The Balaban J connectivity index is 1.97. The van der Waals surface area contributed by atoms with Crippen LogP contribution in [0.15, 0.2) is 22.2 Å². The summed E-state index contributed by atoms with van der Waals surface area (Å²) >= 11 is 1.06. The molecular weight excluding hydrogens is 304 g/mol. The first-order valence-corrected chi connectivity index (χ1v) is 7.40. The van der Waals surface area contributed by atoms with Crippen molar-refractivity contribution in [3.63, 3.8) is 0 Å². The second-order valence-corrected chi connectivity index (χ2v) is 5.84. The summed E-state index contributed by atoms with van der Waals surface area (Å²) in [6.45, 7) is 4.33. The van der Waals surface area contributed by atoms with Gasteiger partial charge in [0.15, 0.2) is 0 Å². The molecule has 18 heavy (non-hydrogen) atoms. The Hall–Kier alpha value is -0.412. The van der Waals surface area contributed by atoms with Gasteiger partial charge in [0.1, 0.15) is 0 Å². The van der Waals surface area contributed by atoms with Crippen LogP contribution in [0.5, 0.6) is 0 Å². The second kappa shape index (κ2) is 5.70. The molecule has 0 aromatic heterocycles. The van der Waals surface area contributed by atoms with Crippen molar-refractivity contribution in [3.05, 3.63) is 22.2 Å². The molecule has 0 radical (unpaired) electrons. The molecule has 6 heteroatoms. The van der Waals surface area contributed by atoms with Crippen LogP contribution in [0.3, 0.4) is 0 Å². The summed E-state index contributed by atoms with van der Waals surface area (Å²) in [6.07, 6.45) is 1.02. The van der Waals surface area contributed by atoms with E-state index in [1.54, 1.807) is 6.08 Å². The molecule has 1 fully saturated rings. The molecule has 102 valence electrons. The molecule has 0 aromatic rings. The molecule has 0 spiro atoms. The minimum absolute atomic E-state index is 0.414. The van der Waals surface area contributed by atoms with Gasteiger partial charge in [-0.25, -0.2) is 0 Å². The number of alkyl halides is 3. The molecule has 0 aromatic carbocycles. The third-order valence-electron chi connectivity index (χ3n) is 3.42. The van der Waals surface area contributed by atoms with Gasteiger partial charge in [-0.05, 0) is 0 Å². The Morgan fingerprint density at radius 1 is 1.17 bits per heavy atom. The van der Waals surface area contributed by atoms with Crippen molar-refractivity contribution in [3.8, 4) is 0 Å². The van der Waals surface area contributed by atoms with E-state index in [-0.39, 0.29) is 0 Å². The van der Waals surface area contributed by atoms with Gasteiger partial charge in [0.2, 0.25) is 0 Å². The summed E-state index contributed by atoms with van der Waals surface area (Å²) in [4.78, 5) is 4.17. The summed E-state index contributed by atoms with van der Waals surface area (Å²) in [5.74, 6) is 0. The number of hydrogen-bond donors (Lipinski definition) is 0. The number of hydrogen-bond acceptors (Lipinski definition) is 2. The number of nitrogens with zero attached hydrogens (tertiary/aromatic N) is 2. The predicted molar refractivity (Wildman–Crippen MR) is 68.0 cm³/mol. The predicted octanol–water partition coefficient (Wildman–Crippen LogP) is 1.36. The van der Waals surface area contributed by atoms with Gasteiger partial charge < -0.3 is 0 Å². The van der Waals surface area contributed by atoms with Crippen molar-refractivity contribution in [2.45, 2.75) is 19.0 Å². The molecule has 0 saturated carbocycles. The van der Waals surface area contributed by atoms with Crippen molar-refractivity contribution in [1.29, 1.82) is 0 Å². The summed E-state index contributed by atoms with van der Waals surface area (Å²) in [6, 6.07) is 0. The summed E-state index contributed by atoms with van der Waals surface area (Å²) < 4.78 is 38.7. The van der Waals surface area contributed by atoms with E-state index in [0.29, 0.717) is 17.6 Å². The average Bonchev–Trinajstić information content (AvgIpc) is 2.79.